The third-order valence-electron chi connectivity index (χ3n) is 7.12. The lowest BCUT2D eigenvalue weighted by atomic mass is 10.1. The van der Waals surface area contributed by atoms with Crippen molar-refractivity contribution in [2.24, 2.45) is 5.92 Å². The second-order valence-electron chi connectivity index (χ2n) is 9.89. The second-order valence-corrected chi connectivity index (χ2v) is 10.3. The van der Waals surface area contributed by atoms with Crippen LogP contribution in [-0.2, 0) is 0 Å². The molecule has 1 heterocycles. The first-order chi connectivity index (χ1) is 17.1. The molecule has 2 aliphatic rings. The van der Waals surface area contributed by atoms with E-state index in [1.54, 1.807) is 0 Å². The lowest BCUT2D eigenvalue weighted by Crippen LogP contribution is -2.38. The summed E-state index contributed by atoms with van der Waals surface area (Å²) in [5.41, 5.74) is 4.99. The van der Waals surface area contributed by atoms with E-state index in [1.165, 1.54) is 45.1 Å². The molecule has 0 saturated heterocycles. The van der Waals surface area contributed by atoms with E-state index in [0.29, 0.717) is 0 Å². The molecule has 2 fully saturated rings. The number of pyridine rings is 1. The van der Waals surface area contributed by atoms with Crippen molar-refractivity contribution in [2.75, 3.05) is 19.7 Å². The highest BCUT2D eigenvalue weighted by atomic mass is 35.5. The van der Waals surface area contributed by atoms with Gasteiger partial charge >= 0.3 is 0 Å². The molecule has 2 saturated carbocycles. The molecule has 0 atom stereocenters. The maximum Gasteiger partial charge on any atom is 0.122 e. The Balaban J connectivity index is 1.17. The van der Waals surface area contributed by atoms with Crippen LogP contribution in [0.4, 0.5) is 0 Å². The van der Waals surface area contributed by atoms with Gasteiger partial charge in [-0.25, -0.2) is 4.98 Å². The summed E-state index contributed by atoms with van der Waals surface area (Å²) in [6.45, 7) is 5.13. The normalized spacial score (nSPS) is 15.7. The van der Waals surface area contributed by atoms with Crippen LogP contribution >= 0.6 is 11.6 Å². The molecule has 0 amide bonds. The Kier molecular flexibility index (Phi) is 7.72. The second kappa shape index (κ2) is 11.3. The van der Waals surface area contributed by atoms with Gasteiger partial charge < -0.3 is 4.74 Å². The number of nitrogens with zero attached hydrogens (tertiary/aromatic N) is 2. The molecule has 0 bridgehead atoms. The van der Waals surface area contributed by atoms with E-state index in [9.17, 15) is 0 Å². The monoisotopic (exact) mass is 484 g/mol. The number of ether oxygens (including phenoxy) is 1. The Labute approximate surface area is 214 Å². The molecule has 35 heavy (non-hydrogen) atoms. The molecule has 0 N–H and O–H groups in total. The molecule has 4 heteroatoms. The first-order valence-electron chi connectivity index (χ1n) is 12.9. The molecule has 3 aromatic rings. The molecule has 0 radical (unpaired) electrons. The van der Waals surface area contributed by atoms with Crippen LogP contribution in [0.25, 0.3) is 11.1 Å². The summed E-state index contributed by atoms with van der Waals surface area (Å²) in [6.07, 6.45) is 10.2. The van der Waals surface area contributed by atoms with E-state index in [-0.39, 0.29) is 0 Å². The Morgan fingerprint density at radius 3 is 2.40 bits per heavy atom. The largest absolute Gasteiger partial charge is 0.492 e. The molecule has 2 aromatic carbocycles. The smallest absolute Gasteiger partial charge is 0.122 e. The fourth-order valence-corrected chi connectivity index (χ4v) is 5.03. The van der Waals surface area contributed by atoms with Gasteiger partial charge in [0.05, 0.1) is 0 Å². The van der Waals surface area contributed by atoms with Gasteiger partial charge in [-0.15, -0.1) is 0 Å². The Bertz CT molecular complexity index is 1180. The molecular formula is C31H33ClN2O. The van der Waals surface area contributed by atoms with Crippen LogP contribution in [-0.4, -0.2) is 35.6 Å². The number of hydrogen-bond acceptors (Lipinski definition) is 3. The van der Waals surface area contributed by atoms with Gasteiger partial charge in [0.2, 0.25) is 0 Å². The predicted octanol–water partition coefficient (Wildman–Crippen LogP) is 7.14. The SMILES string of the molecule is Cc1cc(C#Cc2ccc(-c3ccc(Cl)cc3)cn2)ccc1OCCN(CC1CC1)C1CCCC1. The van der Waals surface area contributed by atoms with E-state index in [4.69, 9.17) is 16.3 Å². The molecule has 5 rings (SSSR count). The zero-order valence-corrected chi connectivity index (χ0v) is 21.2. The zero-order chi connectivity index (χ0) is 24.0. The van der Waals surface area contributed by atoms with Crippen LogP contribution < -0.4 is 4.74 Å². The van der Waals surface area contributed by atoms with Crippen molar-refractivity contribution >= 4 is 11.6 Å². The van der Waals surface area contributed by atoms with Gasteiger partial charge in [-0.2, -0.15) is 0 Å². The Morgan fingerprint density at radius 2 is 1.71 bits per heavy atom. The van der Waals surface area contributed by atoms with Gasteiger partial charge in [-0.3, -0.25) is 4.90 Å². The summed E-state index contributed by atoms with van der Waals surface area (Å²) in [5, 5.41) is 0.732. The minimum absolute atomic E-state index is 0.732. The molecule has 180 valence electrons. The van der Waals surface area contributed by atoms with Crippen LogP contribution in [0.1, 0.15) is 55.3 Å². The number of aryl methyl sites for hydroxylation is 1. The van der Waals surface area contributed by atoms with Gasteiger partial charge in [0.25, 0.3) is 0 Å². The Hall–Kier alpha value is -2.80. The number of hydrogen-bond donors (Lipinski definition) is 0. The molecule has 0 aliphatic heterocycles. The van der Waals surface area contributed by atoms with Crippen molar-refractivity contribution in [3.05, 3.63) is 82.6 Å². The highest BCUT2D eigenvalue weighted by molar-refractivity contribution is 6.30. The number of aromatic nitrogens is 1. The maximum atomic E-state index is 6.20. The van der Waals surface area contributed by atoms with Crippen molar-refractivity contribution in [3.8, 4) is 28.7 Å². The fourth-order valence-electron chi connectivity index (χ4n) is 4.90. The van der Waals surface area contributed by atoms with Crippen molar-refractivity contribution in [1.29, 1.82) is 0 Å². The zero-order valence-electron chi connectivity index (χ0n) is 20.5. The number of halogens is 1. The van der Waals surface area contributed by atoms with Crippen LogP contribution in [0, 0.1) is 24.7 Å². The van der Waals surface area contributed by atoms with Gasteiger partial charge in [-0.05, 0) is 92.0 Å². The summed E-state index contributed by atoms with van der Waals surface area (Å²) in [4.78, 5) is 7.21. The summed E-state index contributed by atoms with van der Waals surface area (Å²) in [5.74, 6) is 8.31. The molecule has 0 unspecified atom stereocenters. The topological polar surface area (TPSA) is 25.4 Å². The van der Waals surface area contributed by atoms with Crippen molar-refractivity contribution in [3.63, 3.8) is 0 Å². The summed E-state index contributed by atoms with van der Waals surface area (Å²) >= 11 is 5.98. The first-order valence-corrected chi connectivity index (χ1v) is 13.2. The average molecular weight is 485 g/mol. The molecule has 1 aromatic heterocycles. The Morgan fingerprint density at radius 1 is 0.943 bits per heavy atom. The van der Waals surface area contributed by atoms with Crippen molar-refractivity contribution < 1.29 is 4.74 Å². The predicted molar refractivity (Wildman–Crippen MR) is 144 cm³/mol. The minimum atomic E-state index is 0.732. The molecule has 2 aliphatic carbocycles. The highest BCUT2D eigenvalue weighted by Gasteiger charge is 2.29. The molecular weight excluding hydrogens is 452 g/mol. The summed E-state index contributed by atoms with van der Waals surface area (Å²) < 4.78 is 6.20. The molecule has 3 nitrogen and oxygen atoms in total. The lowest BCUT2D eigenvalue weighted by Gasteiger charge is -2.28. The van der Waals surface area contributed by atoms with E-state index >= 15 is 0 Å². The van der Waals surface area contributed by atoms with Crippen molar-refractivity contribution in [2.45, 2.75) is 51.5 Å². The van der Waals surface area contributed by atoms with Crippen LogP contribution in [0.2, 0.25) is 5.02 Å². The van der Waals surface area contributed by atoms with Crippen LogP contribution in [0.15, 0.2) is 60.8 Å². The van der Waals surface area contributed by atoms with Gasteiger partial charge in [-0.1, -0.05) is 48.6 Å². The van der Waals surface area contributed by atoms with Gasteiger partial charge in [0.1, 0.15) is 18.1 Å². The third kappa shape index (κ3) is 6.66. The first kappa shape index (κ1) is 23.9. The van der Waals surface area contributed by atoms with Gasteiger partial charge in [0.15, 0.2) is 0 Å². The van der Waals surface area contributed by atoms with E-state index in [2.05, 4.69) is 40.8 Å². The maximum absolute atomic E-state index is 6.20. The standard InChI is InChI=1S/C31H33ClN2O/c1-23-20-24(8-15-29-16-12-27(21-33-29)26-10-13-28(32)14-11-26)9-17-31(23)35-19-18-34(22-25-6-7-25)30-4-2-3-5-30/h9-14,16-17,20-21,25,30H,2-7,18-19,22H2,1H3. The quantitative estimate of drug-likeness (QED) is 0.317. The summed E-state index contributed by atoms with van der Waals surface area (Å²) in [6, 6.07) is 18.7. The minimum Gasteiger partial charge on any atom is -0.492 e. The summed E-state index contributed by atoms with van der Waals surface area (Å²) in [7, 11) is 0. The molecule has 0 spiro atoms. The number of rotatable bonds is 8. The van der Waals surface area contributed by atoms with Crippen molar-refractivity contribution in [1.82, 2.24) is 9.88 Å². The number of benzene rings is 2. The van der Waals surface area contributed by atoms with Gasteiger partial charge in [0, 0.05) is 41.5 Å². The van der Waals surface area contributed by atoms with Crippen LogP contribution in [0.3, 0.4) is 0 Å². The van der Waals surface area contributed by atoms with E-state index < -0.39 is 0 Å². The fraction of sp³-hybridized carbons (Fsp3) is 0.387. The van der Waals surface area contributed by atoms with E-state index in [0.717, 1.165) is 63.8 Å². The highest BCUT2D eigenvalue weighted by Crippen LogP contribution is 2.33. The van der Waals surface area contributed by atoms with Crippen LogP contribution in [0.5, 0.6) is 5.75 Å². The van der Waals surface area contributed by atoms with E-state index in [1.807, 2.05) is 48.7 Å². The average Bonchev–Trinajstić information content (AvgIpc) is 3.53. The third-order valence-corrected chi connectivity index (χ3v) is 7.37. The lowest BCUT2D eigenvalue weighted by molar-refractivity contribution is 0.154.